The van der Waals surface area contributed by atoms with Gasteiger partial charge in [-0.3, -0.25) is 4.79 Å². The van der Waals surface area contributed by atoms with Gasteiger partial charge < -0.3 is 14.8 Å². The zero-order chi connectivity index (χ0) is 15.0. The van der Waals surface area contributed by atoms with Gasteiger partial charge in [0.05, 0.1) is 18.7 Å². The largest absolute Gasteiger partial charge is 0.467 e. The van der Waals surface area contributed by atoms with E-state index < -0.39 is 17.9 Å². The van der Waals surface area contributed by atoms with Crippen LogP contribution in [-0.2, 0) is 25.5 Å². The van der Waals surface area contributed by atoms with Crippen LogP contribution < -0.4 is 5.32 Å². The number of ether oxygens (including phenoxy) is 2. The van der Waals surface area contributed by atoms with Gasteiger partial charge in [0, 0.05) is 13.5 Å². The number of carbonyl (C=O) groups excluding carboxylic acids is 2. The molecule has 6 heteroatoms. The van der Waals surface area contributed by atoms with E-state index in [4.69, 9.17) is 10.00 Å². The molecule has 1 aromatic rings. The van der Waals surface area contributed by atoms with Crippen molar-refractivity contribution in [3.05, 3.63) is 35.4 Å². The average molecular weight is 276 g/mol. The molecule has 1 rings (SSSR count). The number of hydrogen-bond acceptors (Lipinski definition) is 5. The van der Waals surface area contributed by atoms with E-state index in [-0.39, 0.29) is 13.0 Å². The van der Waals surface area contributed by atoms with E-state index in [0.717, 1.165) is 5.56 Å². The molecular weight excluding hydrogens is 260 g/mol. The first kappa shape index (κ1) is 15.7. The molecule has 1 amide bonds. The van der Waals surface area contributed by atoms with Crippen LogP contribution in [0.3, 0.4) is 0 Å². The Kier molecular flexibility index (Phi) is 6.20. The third-order valence-electron chi connectivity index (χ3n) is 2.62. The first-order chi connectivity index (χ1) is 9.60. The van der Waals surface area contributed by atoms with Gasteiger partial charge in [-0.1, -0.05) is 12.1 Å². The lowest BCUT2D eigenvalue weighted by atomic mass is 10.0. The second-order valence-corrected chi connectivity index (χ2v) is 4.09. The van der Waals surface area contributed by atoms with E-state index in [9.17, 15) is 9.59 Å². The molecule has 0 radical (unpaired) electrons. The minimum absolute atomic E-state index is 0.124. The Morgan fingerprint density at radius 1 is 1.30 bits per heavy atom. The maximum absolute atomic E-state index is 11.6. The van der Waals surface area contributed by atoms with E-state index in [1.807, 2.05) is 6.07 Å². The van der Waals surface area contributed by atoms with Crippen molar-refractivity contribution >= 4 is 11.9 Å². The molecule has 1 aromatic carbocycles. The zero-order valence-corrected chi connectivity index (χ0v) is 11.4. The molecule has 0 saturated heterocycles. The van der Waals surface area contributed by atoms with Crippen LogP contribution in [0.4, 0.5) is 0 Å². The number of nitrogens with one attached hydrogen (secondary N) is 1. The Balaban J connectivity index is 2.75. The molecule has 1 N–H and O–H groups in total. The number of methoxy groups -OCH3 is 2. The summed E-state index contributed by atoms with van der Waals surface area (Å²) in [5.41, 5.74) is 1.35. The topological polar surface area (TPSA) is 88.4 Å². The SMILES string of the molecule is COCC(=O)N[C@H](Cc1ccc(C#N)cc1)C(=O)OC. The monoisotopic (exact) mass is 276 g/mol. The minimum Gasteiger partial charge on any atom is -0.467 e. The van der Waals surface area contributed by atoms with E-state index in [1.54, 1.807) is 24.3 Å². The molecule has 0 aliphatic heterocycles. The van der Waals surface area contributed by atoms with Gasteiger partial charge in [0.15, 0.2) is 0 Å². The number of nitriles is 1. The minimum atomic E-state index is -0.782. The van der Waals surface area contributed by atoms with E-state index in [2.05, 4.69) is 10.1 Å². The summed E-state index contributed by atoms with van der Waals surface area (Å²) < 4.78 is 9.36. The summed E-state index contributed by atoms with van der Waals surface area (Å²) in [6.07, 6.45) is 0.286. The van der Waals surface area contributed by atoms with Crippen LogP contribution in [0.5, 0.6) is 0 Å². The highest BCUT2D eigenvalue weighted by molar-refractivity contribution is 5.85. The van der Waals surface area contributed by atoms with Crippen LogP contribution in [-0.4, -0.2) is 38.7 Å². The van der Waals surface area contributed by atoms with Crippen molar-refractivity contribution in [1.82, 2.24) is 5.32 Å². The molecule has 0 unspecified atom stereocenters. The van der Waals surface area contributed by atoms with Crippen LogP contribution in [0.25, 0.3) is 0 Å². The van der Waals surface area contributed by atoms with Crippen LogP contribution in [0.2, 0.25) is 0 Å². The number of hydrogen-bond donors (Lipinski definition) is 1. The third-order valence-corrected chi connectivity index (χ3v) is 2.62. The molecule has 6 nitrogen and oxygen atoms in total. The molecule has 1 atom stereocenters. The maximum atomic E-state index is 11.6. The van der Waals surface area contributed by atoms with Gasteiger partial charge in [-0.2, -0.15) is 5.26 Å². The molecule has 106 valence electrons. The van der Waals surface area contributed by atoms with Crippen molar-refractivity contribution < 1.29 is 19.1 Å². The van der Waals surface area contributed by atoms with Crippen LogP contribution >= 0.6 is 0 Å². The van der Waals surface area contributed by atoms with Gasteiger partial charge in [-0.15, -0.1) is 0 Å². The van der Waals surface area contributed by atoms with Crippen molar-refractivity contribution in [2.45, 2.75) is 12.5 Å². The average Bonchev–Trinajstić information content (AvgIpc) is 2.46. The van der Waals surface area contributed by atoms with Crippen molar-refractivity contribution in [3.8, 4) is 6.07 Å². The summed E-state index contributed by atoms with van der Waals surface area (Å²) in [7, 11) is 2.66. The fourth-order valence-corrected chi connectivity index (χ4v) is 1.65. The quantitative estimate of drug-likeness (QED) is 0.760. The number of esters is 1. The maximum Gasteiger partial charge on any atom is 0.328 e. The summed E-state index contributed by atoms with van der Waals surface area (Å²) in [6, 6.07) is 8.00. The van der Waals surface area contributed by atoms with E-state index in [0.29, 0.717) is 5.56 Å². The van der Waals surface area contributed by atoms with Crippen molar-refractivity contribution in [2.24, 2.45) is 0 Å². The lowest BCUT2D eigenvalue weighted by Crippen LogP contribution is -2.44. The molecule has 0 aromatic heterocycles. The first-order valence-electron chi connectivity index (χ1n) is 5.96. The second kappa shape index (κ2) is 7.92. The summed E-state index contributed by atoms with van der Waals surface area (Å²) in [6.45, 7) is -0.124. The van der Waals surface area contributed by atoms with Crippen molar-refractivity contribution in [3.63, 3.8) is 0 Å². The summed E-state index contributed by atoms with van der Waals surface area (Å²) in [4.78, 5) is 23.1. The summed E-state index contributed by atoms with van der Waals surface area (Å²) in [5, 5.41) is 11.3. The highest BCUT2D eigenvalue weighted by atomic mass is 16.5. The lowest BCUT2D eigenvalue weighted by molar-refractivity contribution is -0.145. The van der Waals surface area contributed by atoms with Crippen LogP contribution in [0.1, 0.15) is 11.1 Å². The van der Waals surface area contributed by atoms with E-state index in [1.165, 1.54) is 14.2 Å². The number of carbonyl (C=O) groups is 2. The molecule has 0 fully saturated rings. The Morgan fingerprint density at radius 3 is 2.45 bits per heavy atom. The number of benzene rings is 1. The van der Waals surface area contributed by atoms with Crippen LogP contribution in [0, 0.1) is 11.3 Å². The molecule has 0 spiro atoms. The highest BCUT2D eigenvalue weighted by Crippen LogP contribution is 2.07. The number of nitrogens with zero attached hydrogens (tertiary/aromatic N) is 1. The van der Waals surface area contributed by atoms with Crippen molar-refractivity contribution in [2.75, 3.05) is 20.8 Å². The number of amides is 1. The molecule has 20 heavy (non-hydrogen) atoms. The molecular formula is C14H16N2O4. The highest BCUT2D eigenvalue weighted by Gasteiger charge is 2.21. The third kappa shape index (κ3) is 4.71. The molecule has 0 bridgehead atoms. The fourth-order valence-electron chi connectivity index (χ4n) is 1.65. The predicted octanol–water partition coefficient (Wildman–Crippen LogP) is 0.405. The van der Waals surface area contributed by atoms with Gasteiger partial charge >= 0.3 is 5.97 Å². The van der Waals surface area contributed by atoms with Gasteiger partial charge in [-0.25, -0.2) is 4.79 Å². The van der Waals surface area contributed by atoms with Gasteiger partial charge in [-0.05, 0) is 17.7 Å². The zero-order valence-electron chi connectivity index (χ0n) is 11.4. The Labute approximate surface area is 117 Å². The second-order valence-electron chi connectivity index (χ2n) is 4.09. The molecule has 0 aliphatic carbocycles. The Hall–Kier alpha value is -2.39. The lowest BCUT2D eigenvalue weighted by Gasteiger charge is -2.16. The number of rotatable bonds is 6. The normalized spacial score (nSPS) is 11.2. The van der Waals surface area contributed by atoms with Gasteiger partial charge in [0.1, 0.15) is 12.6 Å². The molecule has 0 saturated carbocycles. The summed E-state index contributed by atoms with van der Waals surface area (Å²) in [5.74, 6) is -0.921. The van der Waals surface area contributed by atoms with Crippen LogP contribution in [0.15, 0.2) is 24.3 Å². The van der Waals surface area contributed by atoms with Gasteiger partial charge in [0.25, 0.3) is 0 Å². The fraction of sp³-hybridized carbons (Fsp3) is 0.357. The standard InChI is InChI=1S/C14H16N2O4/c1-19-9-13(17)16-12(14(18)20-2)7-10-3-5-11(8-15)6-4-10/h3-6,12H,7,9H2,1-2H3,(H,16,17)/t12-/m1/s1. The predicted molar refractivity (Wildman–Crippen MR) is 70.7 cm³/mol. The smallest absolute Gasteiger partial charge is 0.328 e. The summed E-state index contributed by atoms with van der Waals surface area (Å²) >= 11 is 0. The van der Waals surface area contributed by atoms with Gasteiger partial charge in [0.2, 0.25) is 5.91 Å². The first-order valence-corrected chi connectivity index (χ1v) is 5.96. The molecule has 0 aliphatic rings. The van der Waals surface area contributed by atoms with E-state index >= 15 is 0 Å². The molecule has 0 heterocycles. The Bertz CT molecular complexity index is 505. The Morgan fingerprint density at radius 2 is 1.95 bits per heavy atom. The van der Waals surface area contributed by atoms with Crippen molar-refractivity contribution in [1.29, 1.82) is 5.26 Å².